The van der Waals surface area contributed by atoms with Crippen molar-refractivity contribution in [2.24, 2.45) is 0 Å². The summed E-state index contributed by atoms with van der Waals surface area (Å²) in [4.78, 5) is 38.1. The number of benzene rings is 2. The largest absolute Gasteiger partial charge is 0.507 e. The van der Waals surface area contributed by atoms with Gasteiger partial charge in [-0.05, 0) is 49.6 Å². The third kappa shape index (κ3) is 4.99. The number of carbonyl (C=O) groups is 3. The van der Waals surface area contributed by atoms with Crippen LogP contribution >= 0.6 is 0 Å². The maximum absolute atomic E-state index is 13.0. The summed E-state index contributed by atoms with van der Waals surface area (Å²) in [5.41, 5.74) is 2.24. The lowest BCUT2D eigenvalue weighted by Crippen LogP contribution is -2.30. The first kappa shape index (κ1) is 23.1. The minimum Gasteiger partial charge on any atom is -0.507 e. The number of nitrogens with zero attached hydrogens (tertiary/aromatic N) is 1. The molecule has 32 heavy (non-hydrogen) atoms. The van der Waals surface area contributed by atoms with Crippen LogP contribution in [0.3, 0.4) is 0 Å². The zero-order chi connectivity index (χ0) is 23.3. The Morgan fingerprint density at radius 2 is 1.62 bits per heavy atom. The number of ketones is 1. The van der Waals surface area contributed by atoms with Crippen LogP contribution in [0.2, 0.25) is 0 Å². The minimum absolute atomic E-state index is 0.0505. The Morgan fingerprint density at radius 3 is 2.22 bits per heavy atom. The number of rotatable bonds is 9. The predicted octanol–water partition coefficient (Wildman–Crippen LogP) is 4.07. The number of aliphatic hydroxyl groups is 1. The molecule has 1 unspecified atom stereocenters. The van der Waals surface area contributed by atoms with E-state index in [1.54, 1.807) is 24.3 Å². The van der Waals surface area contributed by atoms with Gasteiger partial charge in [0.05, 0.1) is 18.7 Å². The number of carbonyl (C=O) groups excluding carboxylic acids is 2. The molecule has 0 radical (unpaired) electrons. The van der Waals surface area contributed by atoms with E-state index in [1.165, 1.54) is 12.0 Å². The van der Waals surface area contributed by atoms with Gasteiger partial charge in [0.25, 0.3) is 11.7 Å². The lowest BCUT2D eigenvalue weighted by Gasteiger charge is -2.25. The highest BCUT2D eigenvalue weighted by Crippen LogP contribution is 2.39. The number of hydrogen-bond donors (Lipinski definition) is 2. The number of unbranched alkanes of at least 4 members (excludes halogenated alkanes) is 2. The van der Waals surface area contributed by atoms with E-state index >= 15 is 0 Å². The average Bonchev–Trinajstić information content (AvgIpc) is 3.03. The number of carboxylic acid groups (broad SMARTS) is 1. The van der Waals surface area contributed by atoms with Crippen molar-refractivity contribution in [1.29, 1.82) is 0 Å². The number of likely N-dealkylation sites (tertiary alicyclic amines) is 1. The predicted molar refractivity (Wildman–Crippen MR) is 119 cm³/mol. The molecule has 1 fully saturated rings. The quantitative estimate of drug-likeness (QED) is 0.265. The van der Waals surface area contributed by atoms with Crippen LogP contribution in [0.4, 0.5) is 0 Å². The molecule has 1 aliphatic rings. The fourth-order valence-corrected chi connectivity index (χ4v) is 3.85. The number of Topliss-reactive ketones (excluding diaryl/α,β-unsaturated/α-hetero) is 1. The Hall–Kier alpha value is -3.61. The van der Waals surface area contributed by atoms with Crippen molar-refractivity contribution in [2.75, 3.05) is 13.7 Å². The molecule has 0 bridgehead atoms. The van der Waals surface area contributed by atoms with Gasteiger partial charge in [0.15, 0.2) is 0 Å². The zero-order valence-electron chi connectivity index (χ0n) is 18.2. The molecule has 1 saturated heterocycles. The monoisotopic (exact) mass is 437 g/mol. The smallest absolute Gasteiger partial charge is 0.303 e. The first-order valence-electron chi connectivity index (χ1n) is 10.5. The lowest BCUT2D eigenvalue weighted by atomic mass is 9.94. The summed E-state index contributed by atoms with van der Waals surface area (Å²) in [5.74, 6) is -1.87. The molecule has 2 aromatic carbocycles. The van der Waals surface area contributed by atoms with Gasteiger partial charge in [0.2, 0.25) is 0 Å². The van der Waals surface area contributed by atoms with Gasteiger partial charge in [-0.1, -0.05) is 36.2 Å². The van der Waals surface area contributed by atoms with Crippen LogP contribution in [-0.2, 0) is 14.4 Å². The van der Waals surface area contributed by atoms with E-state index in [-0.39, 0.29) is 17.8 Å². The highest BCUT2D eigenvalue weighted by atomic mass is 16.5. The number of methoxy groups -OCH3 is 1. The lowest BCUT2D eigenvalue weighted by molar-refractivity contribution is -0.140. The summed E-state index contributed by atoms with van der Waals surface area (Å²) < 4.78 is 5.15. The molecule has 0 spiro atoms. The number of aliphatic hydroxyl groups excluding tert-OH is 1. The minimum atomic E-state index is -0.857. The molecule has 2 N–H and O–H groups in total. The molecule has 1 amide bonds. The van der Waals surface area contributed by atoms with Crippen LogP contribution in [0.5, 0.6) is 5.75 Å². The van der Waals surface area contributed by atoms with Gasteiger partial charge in [0.1, 0.15) is 11.5 Å². The van der Waals surface area contributed by atoms with Crippen molar-refractivity contribution in [2.45, 2.75) is 38.6 Å². The number of ether oxygens (including phenoxy) is 1. The van der Waals surface area contributed by atoms with Gasteiger partial charge in [-0.25, -0.2) is 0 Å². The molecule has 3 rings (SSSR count). The van der Waals surface area contributed by atoms with Crippen molar-refractivity contribution in [3.8, 4) is 5.75 Å². The van der Waals surface area contributed by atoms with E-state index in [2.05, 4.69) is 0 Å². The Morgan fingerprint density at radius 1 is 0.969 bits per heavy atom. The molecule has 1 aliphatic heterocycles. The first-order valence-corrected chi connectivity index (χ1v) is 10.5. The highest BCUT2D eigenvalue weighted by Gasteiger charge is 2.45. The van der Waals surface area contributed by atoms with Crippen LogP contribution in [0, 0.1) is 6.92 Å². The zero-order valence-corrected chi connectivity index (χ0v) is 18.2. The molecule has 0 saturated carbocycles. The average molecular weight is 437 g/mol. The molecule has 1 heterocycles. The van der Waals surface area contributed by atoms with Crippen LogP contribution < -0.4 is 4.74 Å². The summed E-state index contributed by atoms with van der Waals surface area (Å²) in [6, 6.07) is 13.4. The first-order chi connectivity index (χ1) is 15.3. The molecule has 7 nitrogen and oxygen atoms in total. The summed E-state index contributed by atoms with van der Waals surface area (Å²) in [5, 5.41) is 19.8. The van der Waals surface area contributed by atoms with Crippen molar-refractivity contribution >= 4 is 23.4 Å². The van der Waals surface area contributed by atoms with Gasteiger partial charge in [-0.15, -0.1) is 0 Å². The molecule has 7 heteroatoms. The summed E-state index contributed by atoms with van der Waals surface area (Å²) in [7, 11) is 1.54. The van der Waals surface area contributed by atoms with E-state index in [9.17, 15) is 19.5 Å². The fraction of sp³-hybridized carbons (Fsp3) is 0.320. The van der Waals surface area contributed by atoms with E-state index < -0.39 is 23.7 Å². The molecular weight excluding hydrogens is 410 g/mol. The number of amides is 1. The number of hydrogen-bond acceptors (Lipinski definition) is 5. The number of aliphatic carboxylic acids is 1. The van der Waals surface area contributed by atoms with Crippen molar-refractivity contribution in [3.63, 3.8) is 0 Å². The molecule has 2 aromatic rings. The summed E-state index contributed by atoms with van der Waals surface area (Å²) >= 11 is 0. The Balaban J connectivity index is 1.96. The van der Waals surface area contributed by atoms with Crippen LogP contribution in [0.15, 0.2) is 54.1 Å². The SMILES string of the molecule is COc1ccc(/C(O)=C2/C(=O)C(=O)N(CCCCCC(=O)O)C2c2ccc(C)cc2)cc1. The van der Waals surface area contributed by atoms with Crippen LogP contribution in [-0.4, -0.2) is 46.4 Å². The Bertz CT molecular complexity index is 1020. The van der Waals surface area contributed by atoms with E-state index in [4.69, 9.17) is 9.84 Å². The van der Waals surface area contributed by atoms with E-state index in [0.29, 0.717) is 37.1 Å². The van der Waals surface area contributed by atoms with Gasteiger partial charge in [-0.2, -0.15) is 0 Å². The summed E-state index contributed by atoms with van der Waals surface area (Å²) in [6.07, 6.45) is 1.75. The van der Waals surface area contributed by atoms with Gasteiger partial charge in [-0.3, -0.25) is 14.4 Å². The molecule has 1 atom stereocenters. The fourth-order valence-electron chi connectivity index (χ4n) is 3.85. The second-order valence-corrected chi connectivity index (χ2v) is 7.84. The van der Waals surface area contributed by atoms with Gasteiger partial charge >= 0.3 is 5.97 Å². The Kier molecular flexibility index (Phi) is 7.30. The van der Waals surface area contributed by atoms with Crippen molar-refractivity contribution in [3.05, 3.63) is 70.8 Å². The molecule has 0 aliphatic carbocycles. The molecular formula is C25H27NO6. The van der Waals surface area contributed by atoms with E-state index in [0.717, 1.165) is 11.1 Å². The second-order valence-electron chi connectivity index (χ2n) is 7.84. The number of aryl methyl sites for hydroxylation is 1. The highest BCUT2D eigenvalue weighted by molar-refractivity contribution is 6.46. The van der Waals surface area contributed by atoms with Crippen molar-refractivity contribution in [1.82, 2.24) is 4.90 Å². The van der Waals surface area contributed by atoms with Gasteiger partial charge in [0, 0.05) is 18.5 Å². The van der Waals surface area contributed by atoms with E-state index in [1.807, 2.05) is 31.2 Å². The van der Waals surface area contributed by atoms with Crippen LogP contribution in [0.1, 0.15) is 48.4 Å². The maximum atomic E-state index is 13.0. The third-order valence-electron chi connectivity index (χ3n) is 5.59. The standard InChI is InChI=1S/C25H27NO6/c1-16-7-9-17(10-8-16)22-21(23(29)18-11-13-19(32-2)14-12-18)24(30)25(31)26(22)15-5-3-4-6-20(27)28/h7-14,22,29H,3-6,15H2,1-2H3,(H,27,28)/b23-21-. The second kappa shape index (κ2) is 10.1. The topological polar surface area (TPSA) is 104 Å². The molecule has 0 aromatic heterocycles. The Labute approximate surface area is 186 Å². The van der Waals surface area contributed by atoms with Crippen LogP contribution in [0.25, 0.3) is 5.76 Å². The maximum Gasteiger partial charge on any atom is 0.303 e. The summed E-state index contributed by atoms with van der Waals surface area (Å²) in [6.45, 7) is 2.24. The number of carboxylic acids is 1. The van der Waals surface area contributed by atoms with Gasteiger partial charge < -0.3 is 19.8 Å². The normalized spacial score (nSPS) is 17.6. The van der Waals surface area contributed by atoms with Crippen molar-refractivity contribution < 1.29 is 29.3 Å². The molecule has 168 valence electrons. The third-order valence-corrected chi connectivity index (χ3v) is 5.59.